The van der Waals surface area contributed by atoms with Gasteiger partial charge in [-0.3, -0.25) is 0 Å². The quantitative estimate of drug-likeness (QED) is 0.171. The highest BCUT2D eigenvalue weighted by Gasteiger charge is 2.20. The maximum atomic E-state index is 5.41. The van der Waals surface area contributed by atoms with Crippen molar-refractivity contribution in [3.05, 3.63) is 182 Å². The Morgan fingerprint density at radius 1 is 0.314 bits per heavy atom. The van der Waals surface area contributed by atoms with Crippen molar-refractivity contribution in [2.75, 3.05) is 0 Å². The average molecular weight is 667 g/mol. The van der Waals surface area contributed by atoms with Gasteiger partial charge in [-0.25, -0.2) is 9.97 Å². The lowest BCUT2D eigenvalue weighted by Gasteiger charge is -2.10. The van der Waals surface area contributed by atoms with Crippen LogP contribution in [-0.4, -0.2) is 9.97 Å². The lowest BCUT2D eigenvalue weighted by molar-refractivity contribution is 1.24. The summed E-state index contributed by atoms with van der Waals surface area (Å²) in [7, 11) is 0. The van der Waals surface area contributed by atoms with Gasteiger partial charge in [0.25, 0.3) is 0 Å². The molecule has 10 rings (SSSR count). The predicted octanol–water partition coefficient (Wildman–Crippen LogP) is 13.5. The third kappa shape index (κ3) is 5.10. The molecule has 0 bridgehead atoms. The number of thiophene rings is 1. The molecule has 51 heavy (non-hydrogen) atoms. The second kappa shape index (κ2) is 12.2. The van der Waals surface area contributed by atoms with Crippen molar-refractivity contribution in [1.82, 2.24) is 9.97 Å². The fourth-order valence-corrected chi connectivity index (χ4v) is 8.70. The van der Waals surface area contributed by atoms with E-state index in [0.717, 1.165) is 44.0 Å². The minimum Gasteiger partial charge on any atom is -0.226 e. The molecule has 2 heterocycles. The van der Waals surface area contributed by atoms with E-state index in [1.807, 2.05) is 0 Å². The number of rotatable bonds is 5. The normalized spacial score (nSPS) is 11.5. The standard InChI is InChI=1S/C48H30N2S/c1-3-13-31(14-4-1)32-25-27-33(28-26-32)35-17-11-18-36(29-35)37-19-12-20-38(30-37)48-49-44(34-15-5-2-6-16-34)47-45(50-48)43-41-23-9-7-21-39(41)40-22-8-10-24-42(40)46(43)51-47/h1-30H. The number of fused-ring (bicyclic) bond motifs is 8. The number of hydrogen-bond donors (Lipinski definition) is 0. The topological polar surface area (TPSA) is 25.8 Å². The highest BCUT2D eigenvalue weighted by Crippen LogP contribution is 2.46. The second-order valence-electron chi connectivity index (χ2n) is 12.9. The highest BCUT2D eigenvalue weighted by atomic mass is 32.1. The molecule has 0 saturated heterocycles. The molecule has 0 saturated carbocycles. The van der Waals surface area contributed by atoms with Crippen LogP contribution in [0.5, 0.6) is 0 Å². The number of aromatic nitrogens is 2. The minimum atomic E-state index is 0.729. The Kier molecular flexibility index (Phi) is 7.04. The van der Waals surface area contributed by atoms with Gasteiger partial charge in [0.05, 0.1) is 15.9 Å². The van der Waals surface area contributed by atoms with E-state index in [0.29, 0.717) is 0 Å². The first-order valence-electron chi connectivity index (χ1n) is 17.2. The van der Waals surface area contributed by atoms with Crippen molar-refractivity contribution in [2.24, 2.45) is 0 Å². The maximum absolute atomic E-state index is 5.41. The minimum absolute atomic E-state index is 0.729. The van der Waals surface area contributed by atoms with Gasteiger partial charge in [0.1, 0.15) is 0 Å². The molecule has 0 radical (unpaired) electrons. The molecule has 0 fully saturated rings. The van der Waals surface area contributed by atoms with Crippen LogP contribution >= 0.6 is 11.3 Å². The summed E-state index contributed by atoms with van der Waals surface area (Å²) in [6.45, 7) is 0. The van der Waals surface area contributed by atoms with Gasteiger partial charge in [0.15, 0.2) is 5.82 Å². The second-order valence-corrected chi connectivity index (χ2v) is 14.0. The molecule has 0 N–H and O–H groups in total. The summed E-state index contributed by atoms with van der Waals surface area (Å²) in [6, 6.07) is 64.8. The number of nitrogens with zero attached hydrogens (tertiary/aromatic N) is 2. The van der Waals surface area contributed by atoms with E-state index in [1.54, 1.807) is 11.3 Å². The predicted molar refractivity (Wildman–Crippen MR) is 217 cm³/mol. The van der Waals surface area contributed by atoms with Crippen molar-refractivity contribution in [2.45, 2.75) is 0 Å². The third-order valence-electron chi connectivity index (χ3n) is 9.88. The van der Waals surface area contributed by atoms with Crippen molar-refractivity contribution in [1.29, 1.82) is 0 Å². The molecule has 8 aromatic carbocycles. The van der Waals surface area contributed by atoms with E-state index in [1.165, 1.54) is 53.9 Å². The fraction of sp³-hybridized carbons (Fsp3) is 0. The lowest BCUT2D eigenvalue weighted by atomic mass is 9.96. The Hall–Kier alpha value is -6.42. The molecule has 0 aliphatic heterocycles. The molecule has 2 aromatic heterocycles. The Morgan fingerprint density at radius 2 is 0.765 bits per heavy atom. The molecule has 2 nitrogen and oxygen atoms in total. The zero-order valence-corrected chi connectivity index (χ0v) is 28.4. The fourth-order valence-electron chi connectivity index (χ4n) is 7.39. The number of benzene rings is 8. The summed E-state index contributed by atoms with van der Waals surface area (Å²) in [5.41, 5.74) is 11.2. The molecule has 0 aliphatic rings. The summed E-state index contributed by atoms with van der Waals surface area (Å²) in [5, 5.41) is 6.20. The van der Waals surface area contributed by atoms with Gasteiger partial charge < -0.3 is 0 Å². The van der Waals surface area contributed by atoms with E-state index in [4.69, 9.17) is 9.97 Å². The Bertz CT molecular complexity index is 2890. The van der Waals surface area contributed by atoms with E-state index in [9.17, 15) is 0 Å². The molecule has 0 spiro atoms. The van der Waals surface area contributed by atoms with E-state index in [2.05, 4.69) is 182 Å². The first-order chi connectivity index (χ1) is 25.3. The Labute approximate surface area is 300 Å². The first-order valence-corrected chi connectivity index (χ1v) is 18.1. The largest absolute Gasteiger partial charge is 0.226 e. The van der Waals surface area contributed by atoms with Crippen LogP contribution in [0.25, 0.3) is 97.9 Å². The molecule has 0 aliphatic carbocycles. The first kappa shape index (κ1) is 29.5. The molecule has 0 atom stereocenters. The molecule has 238 valence electrons. The SMILES string of the molecule is c1ccc(-c2ccc(-c3cccc(-c4cccc(-c5nc(-c6ccccc6)c6sc7c8ccccc8c8ccccc8c7c6n5)c4)c3)cc2)cc1. The summed E-state index contributed by atoms with van der Waals surface area (Å²) < 4.78 is 2.37. The van der Waals surface area contributed by atoms with Crippen molar-refractivity contribution in [3.8, 4) is 56.0 Å². The van der Waals surface area contributed by atoms with Crippen molar-refractivity contribution >= 4 is 53.2 Å². The molecular formula is C48H30N2S. The van der Waals surface area contributed by atoms with Crippen LogP contribution in [0.1, 0.15) is 0 Å². The van der Waals surface area contributed by atoms with Crippen LogP contribution in [-0.2, 0) is 0 Å². The lowest BCUT2D eigenvalue weighted by Crippen LogP contribution is -1.94. The van der Waals surface area contributed by atoms with Gasteiger partial charge in [0, 0.05) is 26.6 Å². The van der Waals surface area contributed by atoms with E-state index < -0.39 is 0 Å². The molecule has 10 aromatic rings. The molecule has 0 amide bonds. The van der Waals surface area contributed by atoms with Crippen LogP contribution in [0.3, 0.4) is 0 Å². The Morgan fingerprint density at radius 3 is 1.43 bits per heavy atom. The van der Waals surface area contributed by atoms with Crippen LogP contribution < -0.4 is 0 Å². The molecular weight excluding hydrogens is 637 g/mol. The summed E-state index contributed by atoms with van der Waals surface area (Å²) >= 11 is 1.81. The third-order valence-corrected chi connectivity index (χ3v) is 11.1. The monoisotopic (exact) mass is 666 g/mol. The van der Waals surface area contributed by atoms with E-state index >= 15 is 0 Å². The smallest absolute Gasteiger partial charge is 0.160 e. The van der Waals surface area contributed by atoms with Gasteiger partial charge in [-0.15, -0.1) is 11.3 Å². The van der Waals surface area contributed by atoms with Gasteiger partial charge >= 0.3 is 0 Å². The molecule has 0 unspecified atom stereocenters. The zero-order chi connectivity index (χ0) is 33.7. The van der Waals surface area contributed by atoms with Crippen LogP contribution in [0.4, 0.5) is 0 Å². The van der Waals surface area contributed by atoms with Gasteiger partial charge in [0.2, 0.25) is 0 Å². The van der Waals surface area contributed by atoms with Gasteiger partial charge in [-0.1, -0.05) is 170 Å². The van der Waals surface area contributed by atoms with Gasteiger partial charge in [-0.2, -0.15) is 0 Å². The summed E-state index contributed by atoms with van der Waals surface area (Å²) in [6.07, 6.45) is 0. The van der Waals surface area contributed by atoms with E-state index in [-0.39, 0.29) is 0 Å². The van der Waals surface area contributed by atoms with Crippen molar-refractivity contribution in [3.63, 3.8) is 0 Å². The average Bonchev–Trinajstić information content (AvgIpc) is 3.62. The van der Waals surface area contributed by atoms with Crippen molar-refractivity contribution < 1.29 is 0 Å². The maximum Gasteiger partial charge on any atom is 0.160 e. The zero-order valence-electron chi connectivity index (χ0n) is 27.6. The van der Waals surface area contributed by atoms with Gasteiger partial charge in [-0.05, 0) is 61.7 Å². The highest BCUT2D eigenvalue weighted by molar-refractivity contribution is 7.27. The molecule has 3 heteroatoms. The summed E-state index contributed by atoms with van der Waals surface area (Å²) in [5.74, 6) is 0.729. The summed E-state index contributed by atoms with van der Waals surface area (Å²) in [4.78, 5) is 10.7. The van der Waals surface area contributed by atoms with Crippen LogP contribution in [0.15, 0.2) is 182 Å². The Balaban J connectivity index is 1.13. The van der Waals surface area contributed by atoms with Crippen LogP contribution in [0, 0.1) is 0 Å². The number of hydrogen-bond acceptors (Lipinski definition) is 3. The van der Waals surface area contributed by atoms with Crippen LogP contribution in [0.2, 0.25) is 0 Å².